The highest BCUT2D eigenvalue weighted by Gasteiger charge is 2.23. The predicted molar refractivity (Wildman–Crippen MR) is 89.3 cm³/mol. The molecule has 0 unspecified atom stereocenters. The monoisotopic (exact) mass is 362 g/mol. The van der Waals surface area contributed by atoms with E-state index in [4.69, 9.17) is 9.05 Å². The smallest absolute Gasteiger partial charge is 0.245 e. The quantitative estimate of drug-likeness (QED) is 0.715. The van der Waals surface area contributed by atoms with E-state index >= 15 is 0 Å². The van der Waals surface area contributed by atoms with Gasteiger partial charge in [-0.25, -0.2) is 13.1 Å². The van der Waals surface area contributed by atoms with E-state index in [0.717, 1.165) is 11.1 Å². The molecule has 0 saturated carbocycles. The van der Waals surface area contributed by atoms with Gasteiger partial charge in [0.05, 0.1) is 0 Å². The van der Waals surface area contributed by atoms with Crippen molar-refractivity contribution in [3.05, 3.63) is 47.2 Å². The van der Waals surface area contributed by atoms with Gasteiger partial charge in [0.25, 0.3) is 0 Å². The number of benzene rings is 1. The lowest BCUT2D eigenvalue weighted by molar-refractivity contribution is 0.379. The van der Waals surface area contributed by atoms with Gasteiger partial charge in [-0.05, 0) is 20.8 Å². The van der Waals surface area contributed by atoms with Crippen molar-refractivity contribution in [3.8, 4) is 11.4 Å². The van der Waals surface area contributed by atoms with Gasteiger partial charge in [0.15, 0.2) is 5.76 Å². The standard InChI is InChI=1S/C16H18N4O4S/c1-10-4-6-13(7-5-10)16-18-14(24-20-16)8-9-17-25(21,22)15-11(2)19-23-12(15)3/h4-7,17H,8-9H2,1-3H3. The lowest BCUT2D eigenvalue weighted by Crippen LogP contribution is -2.26. The molecule has 0 atom stereocenters. The minimum Gasteiger partial charge on any atom is -0.360 e. The molecular weight excluding hydrogens is 344 g/mol. The second-order valence-electron chi connectivity index (χ2n) is 5.68. The molecule has 0 radical (unpaired) electrons. The maximum absolute atomic E-state index is 12.3. The minimum absolute atomic E-state index is 0.0679. The molecule has 3 aromatic rings. The van der Waals surface area contributed by atoms with Crippen LogP contribution >= 0.6 is 0 Å². The van der Waals surface area contributed by atoms with Crippen LogP contribution in [0.15, 0.2) is 38.2 Å². The van der Waals surface area contributed by atoms with E-state index in [1.165, 1.54) is 0 Å². The molecular formula is C16H18N4O4S. The number of aromatic nitrogens is 3. The summed E-state index contributed by atoms with van der Waals surface area (Å²) in [6, 6.07) is 7.74. The van der Waals surface area contributed by atoms with Crippen molar-refractivity contribution in [2.24, 2.45) is 0 Å². The molecule has 2 heterocycles. The summed E-state index contributed by atoms with van der Waals surface area (Å²) in [4.78, 5) is 4.35. The first-order valence-corrected chi connectivity index (χ1v) is 9.17. The van der Waals surface area contributed by atoms with Crippen molar-refractivity contribution in [2.45, 2.75) is 32.1 Å². The molecule has 1 N–H and O–H groups in total. The summed E-state index contributed by atoms with van der Waals surface area (Å²) in [5.41, 5.74) is 2.31. The van der Waals surface area contributed by atoms with Gasteiger partial charge in [0, 0.05) is 18.5 Å². The van der Waals surface area contributed by atoms with Crippen molar-refractivity contribution in [2.75, 3.05) is 6.54 Å². The zero-order valence-electron chi connectivity index (χ0n) is 14.1. The number of hydrogen-bond donors (Lipinski definition) is 1. The molecule has 0 amide bonds. The summed E-state index contributed by atoms with van der Waals surface area (Å²) in [6.45, 7) is 5.26. The van der Waals surface area contributed by atoms with Gasteiger partial charge in [-0.3, -0.25) is 0 Å². The van der Waals surface area contributed by atoms with Gasteiger partial charge in [-0.15, -0.1) is 0 Å². The Balaban J connectivity index is 1.64. The Morgan fingerprint density at radius 2 is 1.76 bits per heavy atom. The molecule has 2 aromatic heterocycles. The molecule has 0 aliphatic heterocycles. The highest BCUT2D eigenvalue weighted by molar-refractivity contribution is 7.89. The van der Waals surface area contributed by atoms with Crippen LogP contribution in [0.4, 0.5) is 0 Å². The molecule has 0 aliphatic carbocycles. The van der Waals surface area contributed by atoms with E-state index in [1.807, 2.05) is 31.2 Å². The molecule has 0 saturated heterocycles. The number of aryl methyl sites for hydroxylation is 3. The Morgan fingerprint density at radius 1 is 1.04 bits per heavy atom. The number of nitrogens with one attached hydrogen (secondary N) is 1. The maximum Gasteiger partial charge on any atom is 0.245 e. The van der Waals surface area contributed by atoms with Gasteiger partial charge < -0.3 is 9.05 Å². The summed E-state index contributed by atoms with van der Waals surface area (Å²) < 4.78 is 37.2. The first-order chi connectivity index (χ1) is 11.9. The SMILES string of the molecule is Cc1ccc(-c2noc(CCNS(=O)(=O)c3c(C)noc3C)n2)cc1. The molecule has 132 valence electrons. The molecule has 0 spiro atoms. The Labute approximate surface area is 145 Å². The Hall–Kier alpha value is -2.52. The largest absolute Gasteiger partial charge is 0.360 e. The van der Waals surface area contributed by atoms with Crippen LogP contribution in [0.1, 0.15) is 22.9 Å². The molecule has 9 heteroatoms. The van der Waals surface area contributed by atoms with Gasteiger partial charge in [-0.1, -0.05) is 40.1 Å². The Kier molecular flexibility index (Phi) is 4.69. The van der Waals surface area contributed by atoms with E-state index in [1.54, 1.807) is 13.8 Å². The van der Waals surface area contributed by atoms with Gasteiger partial charge in [-0.2, -0.15) is 4.98 Å². The number of sulfonamides is 1. The summed E-state index contributed by atoms with van der Waals surface area (Å²) >= 11 is 0. The molecule has 0 bridgehead atoms. The Bertz CT molecular complexity index is 954. The van der Waals surface area contributed by atoms with Crippen molar-refractivity contribution in [1.82, 2.24) is 20.0 Å². The highest BCUT2D eigenvalue weighted by Crippen LogP contribution is 2.19. The fraction of sp³-hybridized carbons (Fsp3) is 0.312. The van der Waals surface area contributed by atoms with Gasteiger partial charge in [0.1, 0.15) is 10.6 Å². The topological polar surface area (TPSA) is 111 Å². The van der Waals surface area contributed by atoms with Crippen molar-refractivity contribution in [3.63, 3.8) is 0 Å². The summed E-state index contributed by atoms with van der Waals surface area (Å²) in [6.07, 6.45) is 0.279. The third kappa shape index (κ3) is 3.77. The van der Waals surface area contributed by atoms with Crippen molar-refractivity contribution >= 4 is 10.0 Å². The molecule has 25 heavy (non-hydrogen) atoms. The van der Waals surface area contributed by atoms with Gasteiger partial charge >= 0.3 is 0 Å². The first kappa shape index (κ1) is 17.3. The molecule has 1 aromatic carbocycles. The van der Waals surface area contributed by atoms with E-state index in [0.29, 0.717) is 17.4 Å². The Morgan fingerprint density at radius 3 is 2.40 bits per heavy atom. The maximum atomic E-state index is 12.3. The van der Waals surface area contributed by atoms with Crippen LogP contribution in [0.25, 0.3) is 11.4 Å². The number of nitrogens with zero attached hydrogens (tertiary/aromatic N) is 3. The fourth-order valence-corrected chi connectivity index (χ4v) is 3.76. The normalized spacial score (nSPS) is 11.8. The fourth-order valence-electron chi connectivity index (χ4n) is 2.40. The predicted octanol–water partition coefficient (Wildman–Crippen LogP) is 2.17. The van der Waals surface area contributed by atoms with Gasteiger partial charge in [0.2, 0.25) is 21.7 Å². The third-order valence-electron chi connectivity index (χ3n) is 3.65. The molecule has 3 rings (SSSR count). The van der Waals surface area contributed by atoms with Crippen LogP contribution in [-0.4, -0.2) is 30.3 Å². The van der Waals surface area contributed by atoms with E-state index < -0.39 is 10.0 Å². The number of hydrogen-bond acceptors (Lipinski definition) is 7. The second kappa shape index (κ2) is 6.77. The average molecular weight is 362 g/mol. The minimum atomic E-state index is -3.69. The van der Waals surface area contributed by atoms with Crippen molar-refractivity contribution in [1.29, 1.82) is 0 Å². The lowest BCUT2D eigenvalue weighted by Gasteiger charge is -2.04. The molecule has 0 aliphatic rings. The lowest BCUT2D eigenvalue weighted by atomic mass is 10.1. The third-order valence-corrected chi connectivity index (χ3v) is 5.35. The van der Waals surface area contributed by atoms with Crippen molar-refractivity contribution < 1.29 is 17.5 Å². The van der Waals surface area contributed by atoms with Crippen LogP contribution in [-0.2, 0) is 16.4 Å². The van der Waals surface area contributed by atoms with Crippen LogP contribution < -0.4 is 4.72 Å². The summed E-state index contributed by atoms with van der Waals surface area (Å²) in [5.74, 6) is 1.09. The van der Waals surface area contributed by atoms with E-state index in [2.05, 4.69) is 20.0 Å². The van der Waals surface area contributed by atoms with Crippen LogP contribution in [0.5, 0.6) is 0 Å². The van der Waals surface area contributed by atoms with E-state index in [9.17, 15) is 8.42 Å². The molecule has 8 nitrogen and oxygen atoms in total. The number of rotatable bonds is 6. The average Bonchev–Trinajstić information content (AvgIpc) is 3.15. The van der Waals surface area contributed by atoms with Crippen LogP contribution in [0.3, 0.4) is 0 Å². The van der Waals surface area contributed by atoms with Crippen LogP contribution in [0.2, 0.25) is 0 Å². The first-order valence-electron chi connectivity index (χ1n) is 7.69. The zero-order valence-corrected chi connectivity index (χ0v) is 14.9. The summed E-state index contributed by atoms with van der Waals surface area (Å²) in [5, 5.41) is 7.58. The zero-order chi connectivity index (χ0) is 18.0. The van der Waals surface area contributed by atoms with Crippen LogP contribution in [0, 0.1) is 20.8 Å². The summed E-state index contributed by atoms with van der Waals surface area (Å²) in [7, 11) is -3.69. The highest BCUT2D eigenvalue weighted by atomic mass is 32.2. The molecule has 0 fully saturated rings. The second-order valence-corrected chi connectivity index (χ2v) is 7.38. The van der Waals surface area contributed by atoms with E-state index in [-0.39, 0.29) is 23.6 Å².